The Balaban J connectivity index is 1.90. The van der Waals surface area contributed by atoms with Gasteiger partial charge in [-0.05, 0) is 51.4 Å². The van der Waals surface area contributed by atoms with Crippen molar-refractivity contribution in [2.45, 2.75) is 52.6 Å². The first-order valence-electron chi connectivity index (χ1n) is 7.20. The average Bonchev–Trinajstić information content (AvgIpc) is 2.68. The van der Waals surface area contributed by atoms with Gasteiger partial charge in [0.2, 0.25) is 0 Å². The SMILES string of the molecule is CCN(Cc1cc(C)sc1C)CC1CCCCN1. The van der Waals surface area contributed by atoms with Gasteiger partial charge in [0.05, 0.1) is 0 Å². The molecule has 1 saturated heterocycles. The van der Waals surface area contributed by atoms with Crippen LogP contribution < -0.4 is 5.32 Å². The number of nitrogens with zero attached hydrogens (tertiary/aromatic N) is 1. The Morgan fingerprint density at radius 1 is 1.39 bits per heavy atom. The topological polar surface area (TPSA) is 15.3 Å². The molecule has 102 valence electrons. The van der Waals surface area contributed by atoms with Crippen LogP contribution in [0.1, 0.15) is 41.5 Å². The van der Waals surface area contributed by atoms with E-state index in [1.807, 2.05) is 11.3 Å². The number of thiophene rings is 1. The summed E-state index contributed by atoms with van der Waals surface area (Å²) in [6.45, 7) is 11.4. The lowest BCUT2D eigenvalue weighted by molar-refractivity contribution is 0.226. The lowest BCUT2D eigenvalue weighted by Gasteiger charge is -2.29. The Hall–Kier alpha value is -0.380. The minimum absolute atomic E-state index is 0.707. The lowest BCUT2D eigenvalue weighted by Crippen LogP contribution is -2.43. The summed E-state index contributed by atoms with van der Waals surface area (Å²) in [5.74, 6) is 0. The van der Waals surface area contributed by atoms with E-state index < -0.39 is 0 Å². The zero-order valence-electron chi connectivity index (χ0n) is 12.0. The molecule has 1 unspecified atom stereocenters. The lowest BCUT2D eigenvalue weighted by atomic mass is 10.0. The van der Waals surface area contributed by atoms with Gasteiger partial charge in [-0.2, -0.15) is 0 Å². The minimum Gasteiger partial charge on any atom is -0.313 e. The summed E-state index contributed by atoms with van der Waals surface area (Å²) in [5.41, 5.74) is 1.52. The normalized spacial score (nSPS) is 20.6. The van der Waals surface area contributed by atoms with Crippen molar-refractivity contribution >= 4 is 11.3 Å². The van der Waals surface area contributed by atoms with Crippen LogP contribution in [0.3, 0.4) is 0 Å². The van der Waals surface area contributed by atoms with Gasteiger partial charge in [-0.25, -0.2) is 0 Å². The van der Waals surface area contributed by atoms with E-state index >= 15 is 0 Å². The van der Waals surface area contributed by atoms with E-state index in [1.165, 1.54) is 47.7 Å². The fourth-order valence-corrected chi connectivity index (χ4v) is 3.72. The molecule has 18 heavy (non-hydrogen) atoms. The monoisotopic (exact) mass is 266 g/mol. The first-order chi connectivity index (χ1) is 8.69. The molecule has 0 bridgehead atoms. The number of nitrogens with one attached hydrogen (secondary N) is 1. The first-order valence-corrected chi connectivity index (χ1v) is 8.02. The summed E-state index contributed by atoms with van der Waals surface area (Å²) >= 11 is 1.93. The van der Waals surface area contributed by atoms with Crippen LogP contribution in [0.25, 0.3) is 0 Å². The standard InChI is InChI=1S/C15H26N2S/c1-4-17(11-15-7-5-6-8-16-15)10-14-9-12(2)18-13(14)3/h9,15-16H,4-8,10-11H2,1-3H3. The molecule has 0 saturated carbocycles. The minimum atomic E-state index is 0.707. The fourth-order valence-electron chi connectivity index (χ4n) is 2.78. The molecule has 1 N–H and O–H groups in total. The molecule has 1 fully saturated rings. The highest BCUT2D eigenvalue weighted by Gasteiger charge is 2.16. The van der Waals surface area contributed by atoms with Crippen LogP contribution in [-0.2, 0) is 6.54 Å². The highest BCUT2D eigenvalue weighted by molar-refractivity contribution is 7.12. The molecule has 0 radical (unpaired) electrons. The molecular weight excluding hydrogens is 240 g/mol. The number of likely N-dealkylation sites (N-methyl/N-ethyl adjacent to an activating group) is 1. The van der Waals surface area contributed by atoms with Crippen molar-refractivity contribution in [3.05, 3.63) is 21.4 Å². The number of rotatable bonds is 5. The van der Waals surface area contributed by atoms with Crippen molar-refractivity contribution in [3.63, 3.8) is 0 Å². The summed E-state index contributed by atoms with van der Waals surface area (Å²) in [7, 11) is 0. The van der Waals surface area contributed by atoms with Crippen molar-refractivity contribution in [1.82, 2.24) is 10.2 Å². The van der Waals surface area contributed by atoms with Crippen molar-refractivity contribution in [1.29, 1.82) is 0 Å². The first kappa shape index (κ1) is 14.0. The van der Waals surface area contributed by atoms with Crippen molar-refractivity contribution in [3.8, 4) is 0 Å². The molecule has 0 aliphatic carbocycles. The van der Waals surface area contributed by atoms with Gasteiger partial charge < -0.3 is 5.32 Å². The number of piperidine rings is 1. The molecule has 0 spiro atoms. The average molecular weight is 266 g/mol. The quantitative estimate of drug-likeness (QED) is 0.879. The van der Waals surface area contributed by atoms with Crippen LogP contribution in [-0.4, -0.2) is 30.6 Å². The number of aryl methyl sites for hydroxylation is 2. The van der Waals surface area contributed by atoms with Crippen LogP contribution in [0.2, 0.25) is 0 Å². The van der Waals surface area contributed by atoms with Crippen molar-refractivity contribution < 1.29 is 0 Å². The molecular formula is C15H26N2S. The Morgan fingerprint density at radius 3 is 2.78 bits per heavy atom. The second kappa shape index (κ2) is 6.69. The maximum absolute atomic E-state index is 3.65. The summed E-state index contributed by atoms with van der Waals surface area (Å²) in [4.78, 5) is 5.51. The zero-order valence-corrected chi connectivity index (χ0v) is 12.8. The summed E-state index contributed by atoms with van der Waals surface area (Å²) in [6, 6.07) is 3.07. The second-order valence-corrected chi connectivity index (χ2v) is 6.87. The van der Waals surface area contributed by atoms with E-state index in [4.69, 9.17) is 0 Å². The third-order valence-electron chi connectivity index (χ3n) is 3.88. The van der Waals surface area contributed by atoms with Gasteiger partial charge in [-0.3, -0.25) is 4.90 Å². The molecule has 0 amide bonds. The van der Waals surface area contributed by atoms with E-state index in [0.717, 1.165) is 13.1 Å². The molecule has 1 aromatic heterocycles. The maximum atomic E-state index is 3.65. The highest BCUT2D eigenvalue weighted by Crippen LogP contribution is 2.22. The largest absolute Gasteiger partial charge is 0.313 e. The second-order valence-electron chi connectivity index (χ2n) is 5.41. The third kappa shape index (κ3) is 3.81. The van der Waals surface area contributed by atoms with Gasteiger partial charge in [0, 0.05) is 28.9 Å². The van der Waals surface area contributed by atoms with Gasteiger partial charge in [-0.1, -0.05) is 13.3 Å². The Kier molecular flexibility index (Phi) is 5.22. The predicted molar refractivity (Wildman–Crippen MR) is 80.4 cm³/mol. The zero-order chi connectivity index (χ0) is 13.0. The van der Waals surface area contributed by atoms with Gasteiger partial charge in [-0.15, -0.1) is 11.3 Å². The van der Waals surface area contributed by atoms with E-state index in [-0.39, 0.29) is 0 Å². The van der Waals surface area contributed by atoms with Crippen LogP contribution in [0.4, 0.5) is 0 Å². The third-order valence-corrected chi connectivity index (χ3v) is 4.88. The molecule has 2 nitrogen and oxygen atoms in total. The van der Waals surface area contributed by atoms with Crippen LogP contribution in [0.5, 0.6) is 0 Å². The Labute approximate surface area is 115 Å². The molecule has 2 rings (SSSR count). The summed E-state index contributed by atoms with van der Waals surface area (Å²) in [5, 5.41) is 3.65. The van der Waals surface area contributed by atoms with E-state index in [9.17, 15) is 0 Å². The summed E-state index contributed by atoms with van der Waals surface area (Å²) in [6.07, 6.45) is 4.09. The molecule has 2 heterocycles. The van der Waals surface area contributed by atoms with Gasteiger partial charge in [0.1, 0.15) is 0 Å². The van der Waals surface area contributed by atoms with Crippen LogP contribution in [0.15, 0.2) is 6.07 Å². The predicted octanol–water partition coefficient (Wildman–Crippen LogP) is 3.33. The molecule has 1 aromatic rings. The number of hydrogen-bond acceptors (Lipinski definition) is 3. The molecule has 1 aliphatic rings. The summed E-state index contributed by atoms with van der Waals surface area (Å²) < 4.78 is 0. The van der Waals surface area contributed by atoms with Crippen LogP contribution in [0, 0.1) is 13.8 Å². The van der Waals surface area contributed by atoms with E-state index in [1.54, 1.807) is 0 Å². The molecule has 3 heteroatoms. The number of hydrogen-bond donors (Lipinski definition) is 1. The Morgan fingerprint density at radius 2 is 2.22 bits per heavy atom. The van der Waals surface area contributed by atoms with Crippen LogP contribution >= 0.6 is 11.3 Å². The molecule has 1 atom stereocenters. The van der Waals surface area contributed by atoms with Gasteiger partial charge in [0.25, 0.3) is 0 Å². The van der Waals surface area contributed by atoms with Crippen molar-refractivity contribution in [2.75, 3.05) is 19.6 Å². The van der Waals surface area contributed by atoms with Crippen molar-refractivity contribution in [2.24, 2.45) is 0 Å². The highest BCUT2D eigenvalue weighted by atomic mass is 32.1. The molecule has 1 aliphatic heterocycles. The van der Waals surface area contributed by atoms with Gasteiger partial charge >= 0.3 is 0 Å². The Bertz CT molecular complexity index is 367. The van der Waals surface area contributed by atoms with E-state index in [0.29, 0.717) is 6.04 Å². The fraction of sp³-hybridized carbons (Fsp3) is 0.733. The maximum Gasteiger partial charge on any atom is 0.0245 e. The van der Waals surface area contributed by atoms with E-state index in [2.05, 4.69) is 37.1 Å². The smallest absolute Gasteiger partial charge is 0.0245 e. The molecule has 0 aromatic carbocycles. The van der Waals surface area contributed by atoms with Gasteiger partial charge in [0.15, 0.2) is 0 Å².